The van der Waals surface area contributed by atoms with Gasteiger partial charge in [0.25, 0.3) is 15.7 Å². The molecule has 0 fully saturated rings. The molecule has 0 N–H and O–H groups in total. The minimum absolute atomic E-state index is 0.107. The first kappa shape index (κ1) is 21.4. The van der Waals surface area contributed by atoms with Crippen LogP contribution in [0.4, 0.5) is 11.4 Å². The molecule has 0 aromatic heterocycles. The van der Waals surface area contributed by atoms with Gasteiger partial charge in [-0.3, -0.25) is 19.2 Å². The van der Waals surface area contributed by atoms with Crippen molar-refractivity contribution in [3.63, 3.8) is 0 Å². The van der Waals surface area contributed by atoms with Crippen LogP contribution in [0.25, 0.3) is 0 Å². The van der Waals surface area contributed by atoms with Crippen molar-refractivity contribution in [1.82, 2.24) is 0 Å². The number of carbonyl (C=O) groups is 1. The van der Waals surface area contributed by atoms with Gasteiger partial charge in [-0.2, -0.15) is 0 Å². The standard InChI is InChI=1S/C19H22N2O6S/c1-5-27-19(22)12-20(17-9-6-13(2)10-15(17)4)28(25,26)16-8-7-14(3)18(11-16)21(23)24/h6-11H,5,12H2,1-4H3. The Labute approximate surface area is 163 Å². The summed E-state index contributed by atoms with van der Waals surface area (Å²) in [6.07, 6.45) is 0. The van der Waals surface area contributed by atoms with Crippen LogP contribution in [0.1, 0.15) is 23.6 Å². The molecular weight excluding hydrogens is 384 g/mol. The number of rotatable bonds is 7. The van der Waals surface area contributed by atoms with Crippen LogP contribution < -0.4 is 4.31 Å². The lowest BCUT2D eigenvalue weighted by atomic mass is 10.1. The van der Waals surface area contributed by atoms with Gasteiger partial charge < -0.3 is 4.74 Å². The molecule has 0 aliphatic rings. The third-order valence-electron chi connectivity index (χ3n) is 4.16. The second-order valence-electron chi connectivity index (χ2n) is 6.31. The van der Waals surface area contributed by atoms with E-state index in [0.29, 0.717) is 16.8 Å². The molecule has 0 atom stereocenters. The Balaban J connectivity index is 2.62. The predicted octanol–water partition coefficient (Wildman–Crippen LogP) is 3.28. The Morgan fingerprint density at radius 3 is 2.36 bits per heavy atom. The third-order valence-corrected chi connectivity index (χ3v) is 5.92. The first-order valence-electron chi connectivity index (χ1n) is 8.58. The molecular formula is C19H22N2O6S. The largest absolute Gasteiger partial charge is 0.465 e. The van der Waals surface area contributed by atoms with Crippen LogP contribution in [0.2, 0.25) is 0 Å². The number of hydrogen-bond donors (Lipinski definition) is 0. The highest BCUT2D eigenvalue weighted by molar-refractivity contribution is 7.92. The first-order valence-corrected chi connectivity index (χ1v) is 10.0. The summed E-state index contributed by atoms with van der Waals surface area (Å²) in [4.78, 5) is 22.4. The summed E-state index contributed by atoms with van der Waals surface area (Å²) in [7, 11) is -4.25. The van der Waals surface area contributed by atoms with Crippen molar-refractivity contribution in [1.29, 1.82) is 0 Å². The number of hydrogen-bond acceptors (Lipinski definition) is 6. The van der Waals surface area contributed by atoms with Crippen molar-refractivity contribution in [2.75, 3.05) is 17.5 Å². The van der Waals surface area contributed by atoms with E-state index < -0.39 is 27.5 Å². The molecule has 2 aromatic rings. The number of aryl methyl sites for hydroxylation is 3. The summed E-state index contributed by atoms with van der Waals surface area (Å²) in [5, 5.41) is 11.2. The van der Waals surface area contributed by atoms with Gasteiger partial charge in [-0.15, -0.1) is 0 Å². The zero-order valence-electron chi connectivity index (χ0n) is 16.1. The predicted molar refractivity (Wildman–Crippen MR) is 105 cm³/mol. The van der Waals surface area contributed by atoms with Gasteiger partial charge in [0.05, 0.1) is 22.1 Å². The Kier molecular flexibility index (Phi) is 6.40. The van der Waals surface area contributed by atoms with E-state index in [1.54, 1.807) is 32.0 Å². The van der Waals surface area contributed by atoms with Crippen molar-refractivity contribution in [2.45, 2.75) is 32.6 Å². The molecule has 0 spiro atoms. The SMILES string of the molecule is CCOC(=O)CN(c1ccc(C)cc1C)S(=O)(=O)c1ccc(C)c([N+](=O)[O-])c1. The van der Waals surface area contributed by atoms with Crippen LogP contribution in [0.15, 0.2) is 41.3 Å². The number of nitro groups is 1. The summed E-state index contributed by atoms with van der Waals surface area (Å²) >= 11 is 0. The van der Waals surface area contributed by atoms with E-state index in [1.165, 1.54) is 19.1 Å². The van der Waals surface area contributed by atoms with Crippen molar-refractivity contribution >= 4 is 27.4 Å². The minimum atomic E-state index is -4.25. The maximum Gasteiger partial charge on any atom is 0.326 e. The van der Waals surface area contributed by atoms with Gasteiger partial charge in [0.1, 0.15) is 6.54 Å². The highest BCUT2D eigenvalue weighted by atomic mass is 32.2. The number of anilines is 1. The topological polar surface area (TPSA) is 107 Å². The fraction of sp³-hybridized carbons (Fsp3) is 0.316. The molecule has 0 bridgehead atoms. The number of benzene rings is 2. The molecule has 0 aliphatic heterocycles. The van der Waals surface area contributed by atoms with E-state index in [0.717, 1.165) is 15.9 Å². The Hall–Kier alpha value is -2.94. The zero-order chi connectivity index (χ0) is 21.1. The van der Waals surface area contributed by atoms with E-state index >= 15 is 0 Å². The van der Waals surface area contributed by atoms with Crippen molar-refractivity contribution in [3.8, 4) is 0 Å². The molecule has 0 saturated carbocycles. The average Bonchev–Trinajstić information content (AvgIpc) is 2.60. The molecule has 0 radical (unpaired) electrons. The maximum atomic E-state index is 13.3. The summed E-state index contributed by atoms with van der Waals surface area (Å²) in [5.41, 5.74) is 1.92. The molecule has 2 aromatic carbocycles. The van der Waals surface area contributed by atoms with E-state index in [1.807, 2.05) is 6.92 Å². The van der Waals surface area contributed by atoms with Crippen LogP contribution in [0.5, 0.6) is 0 Å². The number of carbonyl (C=O) groups excluding carboxylic acids is 1. The van der Waals surface area contributed by atoms with Crippen LogP contribution in [0.3, 0.4) is 0 Å². The molecule has 28 heavy (non-hydrogen) atoms. The summed E-state index contributed by atoms with van der Waals surface area (Å²) in [6.45, 7) is 6.31. The molecule has 0 unspecified atom stereocenters. The molecule has 9 heteroatoms. The molecule has 150 valence electrons. The minimum Gasteiger partial charge on any atom is -0.465 e. The van der Waals surface area contributed by atoms with Gasteiger partial charge >= 0.3 is 5.97 Å². The molecule has 0 heterocycles. The highest BCUT2D eigenvalue weighted by Crippen LogP contribution is 2.30. The Morgan fingerprint density at radius 2 is 1.79 bits per heavy atom. The van der Waals surface area contributed by atoms with Gasteiger partial charge in [0.15, 0.2) is 0 Å². The fourth-order valence-electron chi connectivity index (χ4n) is 2.78. The monoisotopic (exact) mass is 406 g/mol. The lowest BCUT2D eigenvalue weighted by molar-refractivity contribution is -0.385. The Morgan fingerprint density at radius 1 is 1.11 bits per heavy atom. The normalized spacial score (nSPS) is 11.1. The van der Waals surface area contributed by atoms with Gasteiger partial charge in [-0.25, -0.2) is 8.42 Å². The second-order valence-corrected chi connectivity index (χ2v) is 8.17. The maximum absolute atomic E-state index is 13.3. The van der Waals surface area contributed by atoms with E-state index in [4.69, 9.17) is 4.74 Å². The summed E-state index contributed by atoms with van der Waals surface area (Å²) in [5.74, 6) is -0.715. The van der Waals surface area contributed by atoms with Crippen LogP contribution in [-0.4, -0.2) is 32.5 Å². The van der Waals surface area contributed by atoms with Gasteiger partial charge in [-0.05, 0) is 45.4 Å². The molecule has 2 rings (SSSR count). The molecule has 0 amide bonds. The highest BCUT2D eigenvalue weighted by Gasteiger charge is 2.30. The lowest BCUT2D eigenvalue weighted by Crippen LogP contribution is -2.37. The van der Waals surface area contributed by atoms with E-state index in [2.05, 4.69) is 0 Å². The number of nitrogens with zero attached hydrogens (tertiary/aromatic N) is 2. The number of nitro benzene ring substituents is 1. The zero-order valence-corrected chi connectivity index (χ0v) is 16.9. The van der Waals surface area contributed by atoms with Gasteiger partial charge in [0, 0.05) is 11.6 Å². The average molecular weight is 406 g/mol. The number of ether oxygens (including phenoxy) is 1. The number of sulfonamides is 1. The summed E-state index contributed by atoms with van der Waals surface area (Å²) < 4.78 is 32.4. The quantitative estimate of drug-likeness (QED) is 0.397. The van der Waals surface area contributed by atoms with Crippen LogP contribution in [0, 0.1) is 30.9 Å². The van der Waals surface area contributed by atoms with Crippen LogP contribution >= 0.6 is 0 Å². The molecule has 0 aliphatic carbocycles. The van der Waals surface area contributed by atoms with Crippen molar-refractivity contribution in [2.24, 2.45) is 0 Å². The first-order chi connectivity index (χ1) is 13.1. The van der Waals surface area contributed by atoms with Crippen LogP contribution in [-0.2, 0) is 19.6 Å². The second kappa shape index (κ2) is 8.39. The van der Waals surface area contributed by atoms with Crippen molar-refractivity contribution < 1.29 is 22.9 Å². The number of esters is 1. The fourth-order valence-corrected chi connectivity index (χ4v) is 4.28. The molecule has 0 saturated heterocycles. The third kappa shape index (κ3) is 4.48. The van der Waals surface area contributed by atoms with Crippen molar-refractivity contribution in [3.05, 3.63) is 63.2 Å². The smallest absolute Gasteiger partial charge is 0.326 e. The van der Waals surface area contributed by atoms with Gasteiger partial charge in [-0.1, -0.05) is 23.8 Å². The lowest BCUT2D eigenvalue weighted by Gasteiger charge is -2.25. The van der Waals surface area contributed by atoms with Gasteiger partial charge in [0.2, 0.25) is 0 Å². The van der Waals surface area contributed by atoms with E-state index in [9.17, 15) is 23.3 Å². The summed E-state index contributed by atoms with van der Waals surface area (Å²) in [6, 6.07) is 8.79. The molecule has 8 nitrogen and oxygen atoms in total. The Bertz CT molecular complexity index is 1020. The van der Waals surface area contributed by atoms with E-state index in [-0.39, 0.29) is 17.2 Å².